The standard InChI is InChI=1S/C18H24F3NO3Si/c1-17(2,3)26(4,5)25-15-8-14(9-15)23-13-7-6-12(11-22)16(10-13)24-18(19,20)21/h6-7,10,14-15H,8-9H2,1-5H3/t14-,15-. The van der Waals surface area contributed by atoms with E-state index >= 15 is 0 Å². The fourth-order valence-electron chi connectivity index (χ4n) is 2.37. The first-order valence-corrected chi connectivity index (χ1v) is 11.4. The fourth-order valence-corrected chi connectivity index (χ4v) is 3.75. The number of halogens is 3. The summed E-state index contributed by atoms with van der Waals surface area (Å²) in [5, 5.41) is 9.02. The van der Waals surface area contributed by atoms with Gasteiger partial charge in [0.05, 0.1) is 11.7 Å². The largest absolute Gasteiger partial charge is 0.573 e. The highest BCUT2D eigenvalue weighted by Crippen LogP contribution is 2.41. The Morgan fingerprint density at radius 3 is 2.23 bits per heavy atom. The maximum absolute atomic E-state index is 12.4. The number of rotatable bonds is 5. The van der Waals surface area contributed by atoms with Crippen LogP contribution >= 0.6 is 0 Å². The minimum absolute atomic E-state index is 0.114. The van der Waals surface area contributed by atoms with Crippen LogP contribution < -0.4 is 9.47 Å². The van der Waals surface area contributed by atoms with Crippen LogP contribution in [0.15, 0.2) is 18.2 Å². The highest BCUT2D eigenvalue weighted by molar-refractivity contribution is 6.74. The van der Waals surface area contributed by atoms with E-state index in [1.54, 1.807) is 6.07 Å². The van der Waals surface area contributed by atoms with Gasteiger partial charge in [-0.1, -0.05) is 20.8 Å². The quantitative estimate of drug-likeness (QED) is 0.636. The molecule has 144 valence electrons. The second kappa shape index (κ2) is 7.12. The predicted octanol–water partition coefficient (Wildman–Crippen LogP) is 5.39. The third kappa shape index (κ3) is 5.14. The van der Waals surface area contributed by atoms with Crippen molar-refractivity contribution in [3.05, 3.63) is 23.8 Å². The first-order chi connectivity index (χ1) is 11.8. The molecule has 26 heavy (non-hydrogen) atoms. The first kappa shape index (κ1) is 20.6. The third-order valence-corrected chi connectivity index (χ3v) is 9.46. The Hall–Kier alpha value is -1.72. The Balaban J connectivity index is 1.95. The summed E-state index contributed by atoms with van der Waals surface area (Å²) in [5.74, 6) is -0.301. The van der Waals surface area contributed by atoms with Gasteiger partial charge in [0.15, 0.2) is 14.1 Å². The molecule has 0 N–H and O–H groups in total. The number of nitriles is 1. The van der Waals surface area contributed by atoms with Crippen LogP contribution in [0.1, 0.15) is 39.2 Å². The zero-order valence-corrected chi connectivity index (χ0v) is 16.6. The summed E-state index contributed by atoms with van der Waals surface area (Å²) in [4.78, 5) is 0. The predicted molar refractivity (Wildman–Crippen MR) is 93.6 cm³/mol. The minimum Gasteiger partial charge on any atom is -0.490 e. The van der Waals surface area contributed by atoms with Gasteiger partial charge in [-0.2, -0.15) is 5.26 Å². The van der Waals surface area contributed by atoms with Gasteiger partial charge in [-0.05, 0) is 30.3 Å². The van der Waals surface area contributed by atoms with Crippen LogP contribution in [0.2, 0.25) is 18.1 Å². The van der Waals surface area contributed by atoms with Crippen molar-refractivity contribution >= 4 is 8.32 Å². The summed E-state index contributed by atoms with van der Waals surface area (Å²) < 4.78 is 53.2. The van der Waals surface area contributed by atoms with E-state index in [1.807, 2.05) is 0 Å². The number of hydrogen-bond donors (Lipinski definition) is 0. The smallest absolute Gasteiger partial charge is 0.490 e. The van der Waals surface area contributed by atoms with E-state index in [2.05, 4.69) is 38.6 Å². The normalized spacial score (nSPS) is 20.9. The Bertz CT molecular complexity index is 686. The second-order valence-electron chi connectivity index (χ2n) is 8.03. The van der Waals surface area contributed by atoms with Gasteiger partial charge in [0.2, 0.25) is 0 Å². The zero-order chi connectivity index (χ0) is 19.8. The van der Waals surface area contributed by atoms with Gasteiger partial charge in [-0.15, -0.1) is 13.2 Å². The molecule has 0 radical (unpaired) electrons. The summed E-state index contributed by atoms with van der Waals surface area (Å²) in [6, 6.07) is 5.52. The average molecular weight is 387 g/mol. The Morgan fingerprint density at radius 2 is 1.73 bits per heavy atom. The molecule has 0 aromatic heterocycles. The van der Waals surface area contributed by atoms with Crippen molar-refractivity contribution in [2.45, 2.75) is 70.3 Å². The minimum atomic E-state index is -4.86. The monoisotopic (exact) mass is 387 g/mol. The summed E-state index contributed by atoms with van der Waals surface area (Å²) >= 11 is 0. The van der Waals surface area contributed by atoms with Gasteiger partial charge in [0.1, 0.15) is 17.9 Å². The number of hydrogen-bond acceptors (Lipinski definition) is 4. The van der Waals surface area contributed by atoms with E-state index in [9.17, 15) is 13.2 Å². The molecule has 0 unspecified atom stereocenters. The first-order valence-electron chi connectivity index (χ1n) is 8.45. The molecule has 1 fully saturated rings. The summed E-state index contributed by atoms with van der Waals surface area (Å²) in [5.41, 5.74) is -0.192. The van der Waals surface area contributed by atoms with Crippen LogP contribution in [-0.4, -0.2) is 26.9 Å². The van der Waals surface area contributed by atoms with Crippen LogP contribution in [0.5, 0.6) is 11.5 Å². The summed E-state index contributed by atoms with van der Waals surface area (Å²) in [7, 11) is -1.84. The van der Waals surface area contributed by atoms with Crippen molar-refractivity contribution in [3.63, 3.8) is 0 Å². The second-order valence-corrected chi connectivity index (χ2v) is 12.8. The van der Waals surface area contributed by atoms with Crippen molar-refractivity contribution < 1.29 is 27.1 Å². The van der Waals surface area contributed by atoms with Crippen LogP contribution in [-0.2, 0) is 4.43 Å². The molecule has 0 heterocycles. The molecule has 1 aromatic carbocycles. The van der Waals surface area contributed by atoms with E-state index in [4.69, 9.17) is 14.4 Å². The highest BCUT2D eigenvalue weighted by atomic mass is 28.4. The van der Waals surface area contributed by atoms with Crippen molar-refractivity contribution in [2.75, 3.05) is 0 Å². The molecule has 0 amide bonds. The van der Waals surface area contributed by atoms with Crippen LogP contribution in [0, 0.1) is 11.3 Å². The number of nitrogens with zero attached hydrogens (tertiary/aromatic N) is 1. The Labute approximate surface area is 153 Å². The van der Waals surface area contributed by atoms with Crippen molar-refractivity contribution in [3.8, 4) is 17.6 Å². The lowest BCUT2D eigenvalue weighted by atomic mass is 9.92. The van der Waals surface area contributed by atoms with Gasteiger partial charge in [-0.25, -0.2) is 0 Å². The van der Waals surface area contributed by atoms with E-state index in [0.717, 1.165) is 6.07 Å². The molecule has 1 saturated carbocycles. The molecule has 1 aliphatic rings. The lowest BCUT2D eigenvalue weighted by Crippen LogP contribution is -2.50. The Morgan fingerprint density at radius 1 is 1.12 bits per heavy atom. The molecule has 0 atom stereocenters. The molecule has 0 bridgehead atoms. The maximum atomic E-state index is 12.4. The SMILES string of the molecule is CC(C)(C)[Si](C)(C)O[C@H]1C[C@H](Oc2ccc(C#N)c(OC(F)(F)F)c2)C1. The molecule has 2 rings (SSSR count). The van der Waals surface area contributed by atoms with E-state index in [-0.39, 0.29) is 28.6 Å². The van der Waals surface area contributed by atoms with E-state index < -0.39 is 20.4 Å². The van der Waals surface area contributed by atoms with Crippen molar-refractivity contribution in [1.29, 1.82) is 5.26 Å². The van der Waals surface area contributed by atoms with Gasteiger partial charge < -0.3 is 13.9 Å². The third-order valence-electron chi connectivity index (χ3n) is 4.92. The average Bonchev–Trinajstić information content (AvgIpc) is 2.42. The number of benzene rings is 1. The van der Waals surface area contributed by atoms with Crippen LogP contribution in [0.3, 0.4) is 0 Å². The van der Waals surface area contributed by atoms with Gasteiger partial charge in [0.25, 0.3) is 0 Å². The molecule has 1 aliphatic carbocycles. The molecule has 8 heteroatoms. The molecular weight excluding hydrogens is 363 g/mol. The lowest BCUT2D eigenvalue weighted by Gasteiger charge is -2.44. The Kier molecular flexibility index (Phi) is 5.64. The van der Waals surface area contributed by atoms with Crippen LogP contribution in [0.25, 0.3) is 0 Å². The topological polar surface area (TPSA) is 51.5 Å². The number of alkyl halides is 3. The summed E-state index contributed by atoms with van der Waals surface area (Å²) in [6.07, 6.45) is -3.46. The molecule has 0 aliphatic heterocycles. The molecule has 4 nitrogen and oxygen atoms in total. The summed E-state index contributed by atoms with van der Waals surface area (Å²) in [6.45, 7) is 10.9. The molecule has 0 saturated heterocycles. The zero-order valence-electron chi connectivity index (χ0n) is 15.6. The van der Waals surface area contributed by atoms with Gasteiger partial charge in [0, 0.05) is 18.9 Å². The van der Waals surface area contributed by atoms with Crippen LogP contribution in [0.4, 0.5) is 13.2 Å². The van der Waals surface area contributed by atoms with Crippen molar-refractivity contribution in [2.24, 2.45) is 0 Å². The van der Waals surface area contributed by atoms with Gasteiger partial charge >= 0.3 is 6.36 Å². The fraction of sp³-hybridized carbons (Fsp3) is 0.611. The number of ether oxygens (including phenoxy) is 2. The molecular formula is C18H24F3NO3Si. The van der Waals surface area contributed by atoms with E-state index in [1.165, 1.54) is 12.1 Å². The molecule has 1 aromatic rings. The van der Waals surface area contributed by atoms with Gasteiger partial charge in [-0.3, -0.25) is 0 Å². The highest BCUT2D eigenvalue weighted by Gasteiger charge is 2.43. The molecule has 0 spiro atoms. The van der Waals surface area contributed by atoms with Crippen molar-refractivity contribution in [1.82, 2.24) is 0 Å². The maximum Gasteiger partial charge on any atom is 0.573 e. The van der Waals surface area contributed by atoms with E-state index in [0.29, 0.717) is 12.8 Å². The lowest BCUT2D eigenvalue weighted by molar-refractivity contribution is -0.274.